The number of nitrogens with two attached hydrogens (primary N) is 1. The van der Waals surface area contributed by atoms with Crippen molar-refractivity contribution in [3.63, 3.8) is 0 Å². The van der Waals surface area contributed by atoms with E-state index in [0.717, 1.165) is 4.47 Å². The van der Waals surface area contributed by atoms with Crippen molar-refractivity contribution < 1.29 is 4.79 Å². The first kappa shape index (κ1) is 18.9. The maximum absolute atomic E-state index is 12.0. The van der Waals surface area contributed by atoms with E-state index >= 15 is 0 Å². The Balaban J connectivity index is 0.00000324. The van der Waals surface area contributed by atoms with Crippen molar-refractivity contribution in [1.29, 1.82) is 0 Å². The lowest BCUT2D eigenvalue weighted by Gasteiger charge is -2.23. The van der Waals surface area contributed by atoms with E-state index in [1.807, 2.05) is 0 Å². The Bertz CT molecular complexity index is 412. The Kier molecular flexibility index (Phi) is 8.24. The van der Waals surface area contributed by atoms with Crippen molar-refractivity contribution >= 4 is 63.3 Å². The summed E-state index contributed by atoms with van der Waals surface area (Å²) in [6.07, 6.45) is 2.45. The highest BCUT2D eigenvalue weighted by atomic mass is 79.9. The number of anilines is 1. The molecule has 0 aliphatic rings. The summed E-state index contributed by atoms with van der Waals surface area (Å²) in [5.41, 5.74) is 4.89. The van der Waals surface area contributed by atoms with Gasteiger partial charge < -0.3 is 11.1 Å². The van der Waals surface area contributed by atoms with Gasteiger partial charge in [0.05, 0.1) is 5.54 Å². The molecule has 3 N–H and O–H groups in total. The van der Waals surface area contributed by atoms with Crippen LogP contribution in [0.1, 0.15) is 19.8 Å². The molecule has 19 heavy (non-hydrogen) atoms. The first-order valence-electron chi connectivity index (χ1n) is 5.31. The molecule has 4 nitrogen and oxygen atoms in total. The van der Waals surface area contributed by atoms with Gasteiger partial charge in [-0.15, -0.1) is 35.6 Å². The highest BCUT2D eigenvalue weighted by Crippen LogP contribution is 2.18. The maximum atomic E-state index is 12.0. The van der Waals surface area contributed by atoms with E-state index in [9.17, 15) is 4.79 Å². The van der Waals surface area contributed by atoms with Crippen molar-refractivity contribution in [3.05, 3.63) is 22.8 Å². The zero-order chi connectivity index (χ0) is 13.8. The smallest absolute Gasteiger partial charge is 0.245 e. The van der Waals surface area contributed by atoms with Crippen LogP contribution >= 0.6 is 51.5 Å². The highest BCUT2D eigenvalue weighted by Gasteiger charge is 2.28. The summed E-state index contributed by atoms with van der Waals surface area (Å²) in [5, 5.41) is 2.65. The van der Waals surface area contributed by atoms with E-state index in [4.69, 9.17) is 28.9 Å². The minimum atomic E-state index is -1.03. The lowest BCUT2D eigenvalue weighted by molar-refractivity contribution is -0.120. The summed E-state index contributed by atoms with van der Waals surface area (Å²) in [6, 6.07) is 3.47. The van der Waals surface area contributed by atoms with Crippen molar-refractivity contribution in [2.45, 2.75) is 30.1 Å². The molecule has 0 radical (unpaired) electrons. The number of rotatable bonds is 5. The van der Waals surface area contributed by atoms with Gasteiger partial charge in [-0.25, -0.2) is 4.98 Å². The Morgan fingerprint density at radius 3 is 2.68 bits per heavy atom. The second-order valence-electron chi connectivity index (χ2n) is 4.16. The van der Waals surface area contributed by atoms with Gasteiger partial charge in [0.25, 0.3) is 0 Å². The van der Waals surface area contributed by atoms with Crippen LogP contribution in [-0.2, 0) is 4.79 Å². The molecular weight excluding hydrogens is 376 g/mol. The first-order valence-corrected chi connectivity index (χ1v) is 6.98. The molecule has 1 atom stereocenters. The molecule has 1 aromatic rings. The van der Waals surface area contributed by atoms with E-state index in [1.165, 1.54) is 0 Å². The number of nitrogens with zero attached hydrogens (tertiary/aromatic N) is 1. The molecule has 0 aliphatic heterocycles. The Labute approximate surface area is 137 Å². The average Bonchev–Trinajstić information content (AvgIpc) is 2.29. The quantitative estimate of drug-likeness (QED) is 0.755. The monoisotopic (exact) mass is 389 g/mol. The predicted octanol–water partition coefficient (Wildman–Crippen LogP) is 3.51. The van der Waals surface area contributed by atoms with Crippen LogP contribution in [0.4, 0.5) is 5.82 Å². The number of carbonyl (C=O) groups is 1. The Morgan fingerprint density at radius 2 is 2.21 bits per heavy atom. The van der Waals surface area contributed by atoms with Gasteiger partial charge in [-0.05, 0) is 47.8 Å². The van der Waals surface area contributed by atoms with Crippen LogP contribution in [0.25, 0.3) is 0 Å². The van der Waals surface area contributed by atoms with Crippen molar-refractivity contribution in [2.24, 2.45) is 5.73 Å². The van der Waals surface area contributed by atoms with Crippen molar-refractivity contribution in [1.82, 2.24) is 4.98 Å². The molecule has 0 aromatic carbocycles. The number of carbonyl (C=O) groups excluding carboxylic acids is 1. The van der Waals surface area contributed by atoms with Crippen LogP contribution in [0.3, 0.4) is 0 Å². The minimum Gasteiger partial charge on any atom is -0.318 e. The number of hydrogen-bond acceptors (Lipinski definition) is 3. The summed E-state index contributed by atoms with van der Waals surface area (Å²) < 4.78 is 0.836. The standard InChI is InChI=1S/C11H14BrCl2N3O.ClH/c1-11(15,5-4-8(13)14)10(18)17-9-3-2-7(12)6-16-9;/h2-3,6,8H,4-5,15H2,1H3,(H,16,17,18);1H. The molecule has 108 valence electrons. The van der Waals surface area contributed by atoms with Crippen LogP contribution in [0.5, 0.6) is 0 Å². The molecule has 0 bridgehead atoms. The van der Waals surface area contributed by atoms with Crippen molar-refractivity contribution in [3.8, 4) is 0 Å². The van der Waals surface area contributed by atoms with E-state index in [1.54, 1.807) is 25.3 Å². The highest BCUT2D eigenvalue weighted by molar-refractivity contribution is 9.10. The van der Waals surface area contributed by atoms with Gasteiger partial charge in [-0.1, -0.05) is 0 Å². The fraction of sp³-hybridized carbons (Fsp3) is 0.455. The summed E-state index contributed by atoms with van der Waals surface area (Å²) in [5.74, 6) is 0.138. The van der Waals surface area contributed by atoms with Crippen LogP contribution in [-0.4, -0.2) is 21.3 Å². The zero-order valence-electron chi connectivity index (χ0n) is 10.2. The SMILES string of the molecule is CC(N)(CCC(Cl)Cl)C(=O)Nc1ccc(Br)cn1.Cl. The maximum Gasteiger partial charge on any atom is 0.245 e. The summed E-state index contributed by atoms with van der Waals surface area (Å²) in [6.45, 7) is 1.64. The lowest BCUT2D eigenvalue weighted by atomic mass is 9.96. The molecule has 1 heterocycles. The number of hydrogen-bond donors (Lipinski definition) is 2. The summed E-state index contributed by atoms with van der Waals surface area (Å²) in [7, 11) is 0. The molecule has 1 amide bonds. The number of nitrogens with one attached hydrogen (secondary N) is 1. The molecule has 0 saturated heterocycles. The Morgan fingerprint density at radius 1 is 1.58 bits per heavy atom. The van der Waals surface area contributed by atoms with Gasteiger partial charge >= 0.3 is 0 Å². The predicted molar refractivity (Wildman–Crippen MR) is 85.1 cm³/mol. The second kappa shape index (κ2) is 8.27. The van der Waals surface area contributed by atoms with E-state index in [0.29, 0.717) is 18.7 Å². The third-order valence-electron chi connectivity index (χ3n) is 2.37. The Hall–Kier alpha value is -0.0700. The molecule has 0 spiro atoms. The molecule has 0 aliphatic carbocycles. The third kappa shape index (κ3) is 6.77. The molecule has 1 aromatic heterocycles. The summed E-state index contributed by atoms with van der Waals surface area (Å²) in [4.78, 5) is 15.5. The van der Waals surface area contributed by atoms with Crippen LogP contribution < -0.4 is 11.1 Å². The average molecular weight is 392 g/mol. The van der Waals surface area contributed by atoms with Crippen LogP contribution in [0, 0.1) is 0 Å². The normalized spacial score (nSPS) is 13.6. The van der Waals surface area contributed by atoms with Gasteiger partial charge in [-0.3, -0.25) is 4.79 Å². The van der Waals surface area contributed by atoms with Gasteiger partial charge in [0, 0.05) is 10.7 Å². The fourth-order valence-electron chi connectivity index (χ4n) is 1.23. The van der Waals surface area contributed by atoms with E-state index < -0.39 is 10.4 Å². The van der Waals surface area contributed by atoms with Gasteiger partial charge in [0.1, 0.15) is 10.7 Å². The molecule has 8 heteroatoms. The number of alkyl halides is 2. The second-order valence-corrected chi connectivity index (χ2v) is 6.36. The number of aromatic nitrogens is 1. The van der Waals surface area contributed by atoms with Crippen LogP contribution in [0.15, 0.2) is 22.8 Å². The van der Waals surface area contributed by atoms with Gasteiger partial charge in [-0.2, -0.15) is 0 Å². The third-order valence-corrected chi connectivity index (χ3v) is 3.28. The minimum absolute atomic E-state index is 0. The van der Waals surface area contributed by atoms with E-state index in [2.05, 4.69) is 26.2 Å². The molecular formula is C11H15BrCl3N3O. The van der Waals surface area contributed by atoms with Gasteiger partial charge in [0.15, 0.2) is 0 Å². The largest absolute Gasteiger partial charge is 0.318 e. The molecule has 0 saturated carbocycles. The molecule has 1 rings (SSSR count). The lowest BCUT2D eigenvalue weighted by Crippen LogP contribution is -2.48. The van der Waals surface area contributed by atoms with Crippen LogP contribution in [0.2, 0.25) is 0 Å². The number of halogens is 4. The van der Waals surface area contributed by atoms with Gasteiger partial charge in [0.2, 0.25) is 5.91 Å². The fourth-order valence-corrected chi connectivity index (χ4v) is 1.68. The molecule has 0 fully saturated rings. The summed E-state index contributed by atoms with van der Waals surface area (Å²) >= 11 is 14.5. The van der Waals surface area contributed by atoms with E-state index in [-0.39, 0.29) is 18.3 Å². The zero-order valence-corrected chi connectivity index (χ0v) is 14.1. The number of amides is 1. The first-order chi connectivity index (χ1) is 8.31. The number of pyridine rings is 1. The topological polar surface area (TPSA) is 68.0 Å². The molecule has 1 unspecified atom stereocenters. The van der Waals surface area contributed by atoms with Crippen molar-refractivity contribution in [2.75, 3.05) is 5.32 Å².